The van der Waals surface area contributed by atoms with Gasteiger partial charge in [-0.3, -0.25) is 4.79 Å². The first-order valence-electron chi connectivity index (χ1n) is 7.43. The molecule has 7 heteroatoms. The van der Waals surface area contributed by atoms with Gasteiger partial charge in [-0.25, -0.2) is 9.97 Å². The van der Waals surface area contributed by atoms with Crippen LogP contribution in [0.2, 0.25) is 0 Å². The highest BCUT2D eigenvalue weighted by Crippen LogP contribution is 2.19. The van der Waals surface area contributed by atoms with Gasteiger partial charge in [0, 0.05) is 24.1 Å². The van der Waals surface area contributed by atoms with Crippen LogP contribution in [0, 0.1) is 20.8 Å². The quantitative estimate of drug-likeness (QED) is 0.764. The van der Waals surface area contributed by atoms with Crippen LogP contribution in [0.15, 0.2) is 41.2 Å². The third-order valence-corrected chi connectivity index (χ3v) is 3.63. The van der Waals surface area contributed by atoms with Crippen molar-refractivity contribution in [2.24, 2.45) is 0 Å². The Hall–Kier alpha value is -3.22. The first-order valence-corrected chi connectivity index (χ1v) is 7.43. The number of nitrogens with zero attached hydrogens (tertiary/aromatic N) is 3. The Labute approximate surface area is 139 Å². The molecule has 0 radical (unpaired) electrons. The van der Waals surface area contributed by atoms with Crippen molar-refractivity contribution >= 4 is 23.4 Å². The van der Waals surface area contributed by atoms with E-state index in [1.807, 2.05) is 32.0 Å². The average Bonchev–Trinajstić information content (AvgIpc) is 2.97. The number of aromatic nitrogens is 3. The lowest BCUT2D eigenvalue weighted by Gasteiger charge is -2.10. The molecule has 0 saturated heterocycles. The molecule has 0 aliphatic heterocycles. The van der Waals surface area contributed by atoms with Gasteiger partial charge in [-0.2, -0.15) is 0 Å². The molecule has 3 aromatic rings. The summed E-state index contributed by atoms with van der Waals surface area (Å²) in [5.74, 6) is 1.28. The SMILES string of the molecule is Cc1cc(Nc2ncc(C(=O)Nc3cccc(C)c3C)cn2)no1. The van der Waals surface area contributed by atoms with Crippen molar-refractivity contribution in [3.05, 3.63) is 59.1 Å². The molecule has 0 saturated carbocycles. The molecule has 1 amide bonds. The number of amides is 1. The summed E-state index contributed by atoms with van der Waals surface area (Å²) in [4.78, 5) is 20.6. The van der Waals surface area contributed by atoms with Gasteiger partial charge in [0.15, 0.2) is 5.82 Å². The normalized spacial score (nSPS) is 10.5. The molecular weight excluding hydrogens is 306 g/mol. The summed E-state index contributed by atoms with van der Waals surface area (Å²) in [6, 6.07) is 7.50. The monoisotopic (exact) mass is 323 g/mol. The molecule has 24 heavy (non-hydrogen) atoms. The van der Waals surface area contributed by atoms with Crippen molar-refractivity contribution in [3.63, 3.8) is 0 Å². The van der Waals surface area contributed by atoms with Gasteiger partial charge in [-0.1, -0.05) is 17.3 Å². The first-order chi connectivity index (χ1) is 11.5. The second kappa shape index (κ2) is 6.49. The number of nitrogens with one attached hydrogen (secondary N) is 2. The molecular formula is C17H17N5O2. The highest BCUT2D eigenvalue weighted by molar-refractivity contribution is 6.04. The molecule has 3 rings (SSSR count). The zero-order chi connectivity index (χ0) is 17.1. The van der Waals surface area contributed by atoms with E-state index < -0.39 is 0 Å². The second-order valence-electron chi connectivity index (χ2n) is 5.44. The number of anilines is 3. The lowest BCUT2D eigenvalue weighted by Crippen LogP contribution is -2.14. The number of rotatable bonds is 4. The Kier molecular flexibility index (Phi) is 4.24. The molecule has 0 unspecified atom stereocenters. The molecule has 2 heterocycles. The van der Waals surface area contributed by atoms with Gasteiger partial charge in [-0.15, -0.1) is 0 Å². The maximum atomic E-state index is 12.3. The minimum absolute atomic E-state index is 0.257. The van der Waals surface area contributed by atoms with Crippen molar-refractivity contribution in [1.29, 1.82) is 0 Å². The van der Waals surface area contributed by atoms with Gasteiger partial charge in [0.25, 0.3) is 5.91 Å². The van der Waals surface area contributed by atoms with Crippen LogP contribution in [-0.4, -0.2) is 21.0 Å². The fourth-order valence-corrected chi connectivity index (χ4v) is 2.13. The molecule has 2 aromatic heterocycles. The standard InChI is InChI=1S/C17H17N5O2/c1-10-5-4-6-14(12(10)3)20-16(23)13-8-18-17(19-9-13)21-15-7-11(2)24-22-15/h4-9H,1-3H3,(H,20,23)(H,18,19,21,22). The molecule has 0 spiro atoms. The minimum Gasteiger partial charge on any atom is -0.360 e. The number of carbonyl (C=O) groups is 1. The number of carbonyl (C=O) groups excluding carboxylic acids is 1. The van der Waals surface area contributed by atoms with E-state index in [9.17, 15) is 4.79 Å². The summed E-state index contributed by atoms with van der Waals surface area (Å²) in [5, 5.41) is 9.57. The first kappa shape index (κ1) is 15.7. The van der Waals surface area contributed by atoms with E-state index in [4.69, 9.17) is 4.52 Å². The van der Waals surface area contributed by atoms with Crippen molar-refractivity contribution in [2.45, 2.75) is 20.8 Å². The summed E-state index contributed by atoms with van der Waals surface area (Å²) < 4.78 is 4.95. The molecule has 122 valence electrons. The predicted molar refractivity (Wildman–Crippen MR) is 90.4 cm³/mol. The van der Waals surface area contributed by atoms with Crippen LogP contribution in [0.5, 0.6) is 0 Å². The third kappa shape index (κ3) is 3.40. The molecule has 0 atom stereocenters. The summed E-state index contributed by atoms with van der Waals surface area (Å²) in [6.45, 7) is 5.76. The fraction of sp³-hybridized carbons (Fsp3) is 0.176. The van der Waals surface area contributed by atoms with E-state index >= 15 is 0 Å². The number of benzene rings is 1. The lowest BCUT2D eigenvalue weighted by molar-refractivity contribution is 0.102. The zero-order valence-corrected chi connectivity index (χ0v) is 13.6. The van der Waals surface area contributed by atoms with Crippen LogP contribution >= 0.6 is 0 Å². The maximum absolute atomic E-state index is 12.3. The van der Waals surface area contributed by atoms with E-state index in [-0.39, 0.29) is 5.91 Å². The Morgan fingerprint density at radius 3 is 2.54 bits per heavy atom. The van der Waals surface area contributed by atoms with E-state index in [0.717, 1.165) is 16.8 Å². The number of hydrogen-bond acceptors (Lipinski definition) is 6. The van der Waals surface area contributed by atoms with Crippen LogP contribution < -0.4 is 10.6 Å². The molecule has 0 aliphatic rings. The van der Waals surface area contributed by atoms with Crippen LogP contribution in [0.1, 0.15) is 27.2 Å². The lowest BCUT2D eigenvalue weighted by atomic mass is 10.1. The number of aryl methyl sites for hydroxylation is 2. The number of hydrogen-bond donors (Lipinski definition) is 2. The highest BCUT2D eigenvalue weighted by Gasteiger charge is 2.10. The van der Waals surface area contributed by atoms with E-state index in [1.54, 1.807) is 13.0 Å². The summed E-state index contributed by atoms with van der Waals surface area (Å²) in [7, 11) is 0. The Balaban J connectivity index is 1.70. The van der Waals surface area contributed by atoms with Crippen molar-refractivity contribution in [3.8, 4) is 0 Å². The van der Waals surface area contributed by atoms with Crippen molar-refractivity contribution < 1.29 is 9.32 Å². The highest BCUT2D eigenvalue weighted by atomic mass is 16.5. The van der Waals surface area contributed by atoms with E-state index in [2.05, 4.69) is 25.8 Å². The van der Waals surface area contributed by atoms with Gasteiger partial charge in [0.1, 0.15) is 5.76 Å². The van der Waals surface area contributed by atoms with E-state index in [0.29, 0.717) is 23.1 Å². The minimum atomic E-state index is -0.257. The molecule has 0 bridgehead atoms. The van der Waals surface area contributed by atoms with Gasteiger partial charge in [0.2, 0.25) is 5.95 Å². The van der Waals surface area contributed by atoms with Crippen molar-refractivity contribution in [2.75, 3.05) is 10.6 Å². The fourth-order valence-electron chi connectivity index (χ4n) is 2.13. The maximum Gasteiger partial charge on any atom is 0.258 e. The van der Waals surface area contributed by atoms with Crippen molar-refractivity contribution in [1.82, 2.24) is 15.1 Å². The predicted octanol–water partition coefficient (Wildman–Crippen LogP) is 3.39. The molecule has 0 aliphatic carbocycles. The van der Waals surface area contributed by atoms with Crippen LogP contribution in [0.25, 0.3) is 0 Å². The molecule has 0 fully saturated rings. The molecule has 1 aromatic carbocycles. The topological polar surface area (TPSA) is 92.9 Å². The van der Waals surface area contributed by atoms with Crippen LogP contribution in [0.3, 0.4) is 0 Å². The average molecular weight is 323 g/mol. The van der Waals surface area contributed by atoms with Gasteiger partial charge < -0.3 is 15.2 Å². The zero-order valence-electron chi connectivity index (χ0n) is 13.6. The van der Waals surface area contributed by atoms with Gasteiger partial charge >= 0.3 is 0 Å². The summed E-state index contributed by atoms with van der Waals surface area (Å²) >= 11 is 0. The van der Waals surface area contributed by atoms with Crippen LogP contribution in [-0.2, 0) is 0 Å². The Bertz CT molecular complexity index is 871. The summed E-state index contributed by atoms with van der Waals surface area (Å²) in [5.41, 5.74) is 3.30. The van der Waals surface area contributed by atoms with Gasteiger partial charge in [-0.05, 0) is 38.0 Å². The third-order valence-electron chi connectivity index (χ3n) is 3.63. The Morgan fingerprint density at radius 1 is 1.12 bits per heavy atom. The molecule has 7 nitrogen and oxygen atoms in total. The molecule has 2 N–H and O–H groups in total. The second-order valence-corrected chi connectivity index (χ2v) is 5.44. The van der Waals surface area contributed by atoms with E-state index in [1.165, 1.54) is 12.4 Å². The van der Waals surface area contributed by atoms with Gasteiger partial charge in [0.05, 0.1) is 5.56 Å². The smallest absolute Gasteiger partial charge is 0.258 e. The largest absolute Gasteiger partial charge is 0.360 e. The Morgan fingerprint density at radius 2 is 1.88 bits per heavy atom. The van der Waals surface area contributed by atoms with Crippen LogP contribution in [0.4, 0.5) is 17.5 Å². The summed E-state index contributed by atoms with van der Waals surface area (Å²) in [6.07, 6.45) is 2.92.